The van der Waals surface area contributed by atoms with E-state index in [0.717, 1.165) is 16.3 Å². The van der Waals surface area contributed by atoms with E-state index >= 15 is 0 Å². The van der Waals surface area contributed by atoms with Crippen molar-refractivity contribution >= 4 is 20.9 Å². The van der Waals surface area contributed by atoms with Gasteiger partial charge in [0.05, 0.1) is 4.90 Å². The van der Waals surface area contributed by atoms with E-state index in [4.69, 9.17) is 0 Å². The Labute approximate surface area is 123 Å². The Balaban J connectivity index is 0.00000144. The van der Waals surface area contributed by atoms with Crippen molar-refractivity contribution in [3.05, 3.63) is 41.5 Å². The van der Waals surface area contributed by atoms with Crippen molar-refractivity contribution in [1.82, 2.24) is 0 Å². The normalized spacial score (nSPS) is 11.2. The van der Waals surface area contributed by atoms with E-state index in [1.165, 1.54) is 6.07 Å². The number of hydrogen-bond acceptors (Lipinski definition) is 3. The second-order valence-corrected chi connectivity index (χ2v) is 5.15. The minimum Gasteiger partial charge on any atom is -0.744 e. The molecule has 2 aromatic rings. The van der Waals surface area contributed by atoms with Crippen LogP contribution in [0.15, 0.2) is 35.2 Å². The number of benzene rings is 2. The fourth-order valence-electron chi connectivity index (χ4n) is 1.86. The molecule has 0 saturated heterocycles. The molecule has 0 spiro atoms. The van der Waals surface area contributed by atoms with Gasteiger partial charge in [-0.05, 0) is 41.8 Å². The fourth-order valence-corrected chi connectivity index (χ4v) is 2.66. The zero-order valence-corrected chi connectivity index (χ0v) is 12.8. The van der Waals surface area contributed by atoms with Crippen LogP contribution in [-0.4, -0.2) is 13.0 Å². The molecule has 0 fully saturated rings. The van der Waals surface area contributed by atoms with Gasteiger partial charge in [-0.1, -0.05) is 24.3 Å². The molecule has 0 amide bonds. The Kier molecular flexibility index (Phi) is 4.38. The first kappa shape index (κ1) is 14.7. The monoisotopic (exact) mass is 258 g/mol. The first-order valence-electron chi connectivity index (χ1n) is 4.86. The molecule has 0 aliphatic heterocycles. The maximum absolute atomic E-state index is 11.1. The minimum atomic E-state index is -4.40. The molecule has 0 aromatic heterocycles. The van der Waals surface area contributed by atoms with Crippen molar-refractivity contribution in [2.75, 3.05) is 0 Å². The third kappa shape index (κ3) is 2.72. The summed E-state index contributed by atoms with van der Waals surface area (Å²) < 4.78 is 33.3. The maximum atomic E-state index is 11.1. The van der Waals surface area contributed by atoms with Crippen molar-refractivity contribution in [1.29, 1.82) is 0 Å². The summed E-state index contributed by atoms with van der Waals surface area (Å²) in [5, 5.41) is 1.76. The van der Waals surface area contributed by atoms with Crippen LogP contribution in [0.3, 0.4) is 0 Å². The molecule has 2 aromatic carbocycles. The van der Waals surface area contributed by atoms with E-state index < -0.39 is 10.1 Å². The Hall–Kier alpha value is -0.390. The van der Waals surface area contributed by atoms with Gasteiger partial charge >= 0.3 is 29.6 Å². The Morgan fingerprint density at radius 3 is 2.24 bits per heavy atom. The van der Waals surface area contributed by atoms with Crippen LogP contribution in [0.25, 0.3) is 10.8 Å². The smallest absolute Gasteiger partial charge is 0.744 e. The molecule has 17 heavy (non-hydrogen) atoms. The summed E-state index contributed by atoms with van der Waals surface area (Å²) in [6, 6.07) is 8.87. The quantitative estimate of drug-likeness (QED) is 0.505. The molecule has 0 unspecified atom stereocenters. The molecule has 0 aliphatic rings. The average molecular weight is 258 g/mol. The molecule has 5 heteroatoms. The summed E-state index contributed by atoms with van der Waals surface area (Å²) in [5.74, 6) is 0. The van der Waals surface area contributed by atoms with Crippen molar-refractivity contribution in [3.8, 4) is 0 Å². The number of aryl methyl sites for hydroxylation is 1. The maximum Gasteiger partial charge on any atom is 1.00 e. The van der Waals surface area contributed by atoms with Gasteiger partial charge in [-0.2, -0.15) is 0 Å². The van der Waals surface area contributed by atoms with Gasteiger partial charge in [0, 0.05) is 0 Å². The third-order valence-corrected chi connectivity index (χ3v) is 3.82. The number of fused-ring (bicyclic) bond motifs is 1. The molecule has 0 N–H and O–H groups in total. The molecule has 84 valence electrons. The molecular weight excluding hydrogens is 247 g/mol. The van der Waals surface area contributed by atoms with Crippen molar-refractivity contribution in [3.63, 3.8) is 0 Å². The summed E-state index contributed by atoms with van der Waals surface area (Å²) >= 11 is 0. The van der Waals surface area contributed by atoms with E-state index in [-0.39, 0.29) is 34.5 Å². The topological polar surface area (TPSA) is 57.2 Å². The van der Waals surface area contributed by atoms with Gasteiger partial charge in [-0.3, -0.25) is 0 Å². The summed E-state index contributed by atoms with van der Waals surface area (Å²) in [6.45, 7) is 3.49. The Morgan fingerprint density at radius 1 is 1.06 bits per heavy atom. The molecule has 0 radical (unpaired) electrons. The Morgan fingerprint density at radius 2 is 1.65 bits per heavy atom. The molecule has 3 nitrogen and oxygen atoms in total. The van der Waals surface area contributed by atoms with Gasteiger partial charge in [0.2, 0.25) is 0 Å². The number of rotatable bonds is 1. The molecule has 0 aliphatic carbocycles. The molecule has 0 atom stereocenters. The molecule has 0 bridgehead atoms. The van der Waals surface area contributed by atoms with Gasteiger partial charge in [-0.25, -0.2) is 8.42 Å². The Bertz CT molecular complexity index is 663. The van der Waals surface area contributed by atoms with Crippen LogP contribution in [0.5, 0.6) is 0 Å². The van der Waals surface area contributed by atoms with Crippen molar-refractivity contribution in [2.24, 2.45) is 0 Å². The fraction of sp³-hybridized carbons (Fsp3) is 0.167. The largest absolute Gasteiger partial charge is 1.00 e. The van der Waals surface area contributed by atoms with Crippen LogP contribution in [0, 0.1) is 13.8 Å². The number of hydrogen-bond donors (Lipinski definition) is 0. The standard InChI is InChI=1S/C12H12O3S.Na/c1-8-9(2)12(16(13,14)15)7-10-5-3-4-6-11(8)10;/h3-7H,1-2H3,(H,13,14,15);/q;+1/p-1. The van der Waals surface area contributed by atoms with Crippen LogP contribution in [0.4, 0.5) is 0 Å². The third-order valence-electron chi connectivity index (χ3n) is 2.85. The van der Waals surface area contributed by atoms with Gasteiger partial charge < -0.3 is 4.55 Å². The van der Waals surface area contributed by atoms with E-state index in [1.807, 2.05) is 25.1 Å². The van der Waals surface area contributed by atoms with Crippen LogP contribution in [0.1, 0.15) is 11.1 Å². The van der Waals surface area contributed by atoms with Crippen molar-refractivity contribution in [2.45, 2.75) is 18.7 Å². The van der Waals surface area contributed by atoms with Gasteiger partial charge in [-0.15, -0.1) is 0 Å². The minimum absolute atomic E-state index is 0. The SMILES string of the molecule is Cc1c(S(=O)(=O)[O-])cc2ccccc2c1C.[Na+]. The first-order valence-corrected chi connectivity index (χ1v) is 6.27. The molecule has 2 rings (SSSR count). The van der Waals surface area contributed by atoms with Gasteiger partial charge in [0.15, 0.2) is 0 Å². The second-order valence-electron chi connectivity index (χ2n) is 3.80. The van der Waals surface area contributed by atoms with E-state index in [2.05, 4.69) is 0 Å². The predicted molar refractivity (Wildman–Crippen MR) is 61.4 cm³/mol. The van der Waals surface area contributed by atoms with Crippen LogP contribution < -0.4 is 29.6 Å². The zero-order chi connectivity index (χ0) is 11.9. The van der Waals surface area contributed by atoms with E-state index in [1.54, 1.807) is 13.0 Å². The van der Waals surface area contributed by atoms with Gasteiger partial charge in [0.1, 0.15) is 10.1 Å². The van der Waals surface area contributed by atoms with Gasteiger partial charge in [0.25, 0.3) is 0 Å². The summed E-state index contributed by atoms with van der Waals surface area (Å²) in [6.07, 6.45) is 0. The average Bonchev–Trinajstić information content (AvgIpc) is 2.22. The van der Waals surface area contributed by atoms with E-state index in [0.29, 0.717) is 5.56 Å². The molecular formula is C12H11NaO3S. The zero-order valence-electron chi connectivity index (χ0n) is 10.0. The summed E-state index contributed by atoms with van der Waals surface area (Å²) in [5.41, 5.74) is 1.38. The van der Waals surface area contributed by atoms with Crippen LogP contribution in [-0.2, 0) is 10.1 Å². The molecule has 0 heterocycles. The van der Waals surface area contributed by atoms with Crippen molar-refractivity contribution < 1.29 is 42.5 Å². The first-order chi connectivity index (χ1) is 7.41. The van der Waals surface area contributed by atoms with E-state index in [9.17, 15) is 13.0 Å². The van der Waals surface area contributed by atoms with Crippen LogP contribution in [0.2, 0.25) is 0 Å². The van der Waals surface area contributed by atoms with Crippen LogP contribution >= 0.6 is 0 Å². The second kappa shape index (κ2) is 5.08. The predicted octanol–water partition coefficient (Wildman–Crippen LogP) is -0.635. The summed E-state index contributed by atoms with van der Waals surface area (Å²) in [7, 11) is -4.40. The molecule has 0 saturated carbocycles. The summed E-state index contributed by atoms with van der Waals surface area (Å²) in [4.78, 5) is -0.122.